The standard InChI is InChI=1S/C9H5N5O2/c10-5-7-4-8(14(15)16)6-11-9(7)13-3-1-2-12-13/h1-4,6H. The Morgan fingerprint density at radius 1 is 1.56 bits per heavy atom. The van der Waals surface area contributed by atoms with Gasteiger partial charge in [-0.3, -0.25) is 10.1 Å². The number of pyridine rings is 1. The molecular weight excluding hydrogens is 210 g/mol. The molecule has 2 heterocycles. The van der Waals surface area contributed by atoms with Crippen LogP contribution in [0.15, 0.2) is 30.7 Å². The molecular formula is C9H5N5O2. The molecule has 2 rings (SSSR count). The zero-order valence-electron chi connectivity index (χ0n) is 7.94. The van der Waals surface area contributed by atoms with E-state index in [-0.39, 0.29) is 17.1 Å². The smallest absolute Gasteiger partial charge is 0.258 e. The first-order valence-electron chi connectivity index (χ1n) is 4.27. The largest absolute Gasteiger partial charge is 0.289 e. The van der Waals surface area contributed by atoms with Gasteiger partial charge in [0, 0.05) is 18.5 Å². The summed E-state index contributed by atoms with van der Waals surface area (Å²) in [6, 6.07) is 4.69. The maximum atomic E-state index is 10.5. The van der Waals surface area contributed by atoms with Gasteiger partial charge in [-0.1, -0.05) is 0 Å². The molecule has 0 radical (unpaired) electrons. The Morgan fingerprint density at radius 3 is 2.94 bits per heavy atom. The third-order valence-electron chi connectivity index (χ3n) is 1.90. The molecule has 0 amide bonds. The van der Waals surface area contributed by atoms with E-state index >= 15 is 0 Å². The van der Waals surface area contributed by atoms with Gasteiger partial charge in [0.15, 0.2) is 5.82 Å². The van der Waals surface area contributed by atoms with Crippen LogP contribution < -0.4 is 0 Å². The highest BCUT2D eigenvalue weighted by atomic mass is 16.6. The zero-order chi connectivity index (χ0) is 11.5. The van der Waals surface area contributed by atoms with Crippen LogP contribution in [0.3, 0.4) is 0 Å². The van der Waals surface area contributed by atoms with Crippen LogP contribution >= 0.6 is 0 Å². The molecule has 2 aromatic rings. The van der Waals surface area contributed by atoms with Crippen LogP contribution in [0.25, 0.3) is 5.82 Å². The monoisotopic (exact) mass is 215 g/mol. The lowest BCUT2D eigenvalue weighted by molar-refractivity contribution is -0.385. The lowest BCUT2D eigenvalue weighted by Crippen LogP contribution is -2.02. The first-order chi connectivity index (χ1) is 7.72. The van der Waals surface area contributed by atoms with Crippen molar-refractivity contribution in [3.05, 3.63) is 46.4 Å². The Hall–Kier alpha value is -2.75. The van der Waals surface area contributed by atoms with Crippen molar-refractivity contribution in [3.8, 4) is 11.9 Å². The van der Waals surface area contributed by atoms with Gasteiger partial charge >= 0.3 is 0 Å². The number of nitro groups is 1. The molecule has 0 unspecified atom stereocenters. The molecule has 0 atom stereocenters. The van der Waals surface area contributed by atoms with Crippen molar-refractivity contribution in [1.29, 1.82) is 5.26 Å². The van der Waals surface area contributed by atoms with Crippen molar-refractivity contribution in [2.75, 3.05) is 0 Å². The van der Waals surface area contributed by atoms with Gasteiger partial charge in [0.05, 0.1) is 4.92 Å². The fourth-order valence-electron chi connectivity index (χ4n) is 1.21. The van der Waals surface area contributed by atoms with Crippen molar-refractivity contribution in [3.63, 3.8) is 0 Å². The second-order valence-corrected chi connectivity index (χ2v) is 2.88. The molecule has 0 saturated heterocycles. The van der Waals surface area contributed by atoms with E-state index in [1.165, 1.54) is 16.9 Å². The van der Waals surface area contributed by atoms with Crippen LogP contribution in [0.2, 0.25) is 0 Å². The molecule has 7 nitrogen and oxygen atoms in total. The molecule has 7 heteroatoms. The second kappa shape index (κ2) is 3.78. The summed E-state index contributed by atoms with van der Waals surface area (Å²) in [5, 5.41) is 23.3. The highest BCUT2D eigenvalue weighted by Crippen LogP contribution is 2.16. The molecule has 0 aliphatic rings. The summed E-state index contributed by atoms with van der Waals surface area (Å²) in [5.74, 6) is 0.276. The minimum Gasteiger partial charge on any atom is -0.258 e. The predicted octanol–water partition coefficient (Wildman–Crippen LogP) is 1.05. The molecule has 0 bridgehead atoms. The van der Waals surface area contributed by atoms with Crippen LogP contribution in [0.4, 0.5) is 5.69 Å². The minimum atomic E-state index is -0.597. The molecule has 16 heavy (non-hydrogen) atoms. The fourth-order valence-corrected chi connectivity index (χ4v) is 1.21. The lowest BCUT2D eigenvalue weighted by atomic mass is 10.2. The zero-order valence-corrected chi connectivity index (χ0v) is 7.94. The van der Waals surface area contributed by atoms with Gasteiger partial charge < -0.3 is 0 Å². The maximum Gasteiger partial charge on any atom is 0.289 e. The van der Waals surface area contributed by atoms with Crippen LogP contribution in [0.1, 0.15) is 5.56 Å². The van der Waals surface area contributed by atoms with Gasteiger partial charge in [-0.2, -0.15) is 10.4 Å². The highest BCUT2D eigenvalue weighted by molar-refractivity contribution is 5.48. The number of hydrogen-bond acceptors (Lipinski definition) is 5. The summed E-state index contributed by atoms with van der Waals surface area (Å²) in [7, 11) is 0. The molecule has 0 spiro atoms. The summed E-state index contributed by atoms with van der Waals surface area (Å²) in [6.07, 6.45) is 4.23. The third-order valence-corrected chi connectivity index (χ3v) is 1.90. The van der Waals surface area contributed by atoms with Crippen LogP contribution in [0, 0.1) is 21.4 Å². The topological polar surface area (TPSA) is 97.6 Å². The predicted molar refractivity (Wildman–Crippen MR) is 52.7 cm³/mol. The van der Waals surface area contributed by atoms with E-state index in [0.29, 0.717) is 0 Å². The SMILES string of the molecule is N#Cc1cc([N+](=O)[O-])cnc1-n1cccn1. The van der Waals surface area contributed by atoms with E-state index in [0.717, 1.165) is 6.20 Å². The molecule has 0 saturated carbocycles. The minimum absolute atomic E-state index is 0.109. The summed E-state index contributed by atoms with van der Waals surface area (Å²) in [4.78, 5) is 13.8. The van der Waals surface area contributed by atoms with E-state index in [9.17, 15) is 10.1 Å². The van der Waals surface area contributed by atoms with Crippen molar-refractivity contribution in [1.82, 2.24) is 14.8 Å². The van der Waals surface area contributed by atoms with E-state index < -0.39 is 4.92 Å². The second-order valence-electron chi connectivity index (χ2n) is 2.88. The summed E-state index contributed by atoms with van der Waals surface area (Å²) in [6.45, 7) is 0. The number of rotatable bonds is 2. The number of nitrogens with zero attached hydrogens (tertiary/aromatic N) is 5. The van der Waals surface area contributed by atoms with Crippen LogP contribution in [-0.4, -0.2) is 19.7 Å². The molecule has 78 valence electrons. The third kappa shape index (κ3) is 1.59. The Labute approximate surface area is 89.7 Å². The summed E-state index contributed by atoms with van der Waals surface area (Å²) in [5.41, 5.74) is -0.106. The van der Waals surface area contributed by atoms with E-state index in [4.69, 9.17) is 5.26 Å². The van der Waals surface area contributed by atoms with Crippen molar-refractivity contribution in [2.45, 2.75) is 0 Å². The van der Waals surface area contributed by atoms with Gasteiger partial charge in [0.2, 0.25) is 0 Å². The Kier molecular flexibility index (Phi) is 2.31. The van der Waals surface area contributed by atoms with Crippen LogP contribution in [0.5, 0.6) is 0 Å². The van der Waals surface area contributed by atoms with E-state index in [1.54, 1.807) is 12.3 Å². The molecule has 0 N–H and O–H groups in total. The van der Waals surface area contributed by atoms with Gasteiger partial charge in [-0.05, 0) is 6.07 Å². The van der Waals surface area contributed by atoms with Crippen LogP contribution in [-0.2, 0) is 0 Å². The van der Waals surface area contributed by atoms with Crippen molar-refractivity contribution in [2.24, 2.45) is 0 Å². The fraction of sp³-hybridized carbons (Fsp3) is 0. The summed E-state index contributed by atoms with van der Waals surface area (Å²) >= 11 is 0. The number of nitriles is 1. The van der Waals surface area contributed by atoms with E-state index in [2.05, 4.69) is 10.1 Å². The quantitative estimate of drug-likeness (QED) is 0.550. The molecule has 0 aliphatic carbocycles. The van der Waals surface area contributed by atoms with Crippen molar-refractivity contribution < 1.29 is 4.92 Å². The number of hydrogen-bond donors (Lipinski definition) is 0. The number of aromatic nitrogens is 3. The normalized spacial score (nSPS) is 9.69. The van der Waals surface area contributed by atoms with Gasteiger partial charge in [0.1, 0.15) is 17.8 Å². The first-order valence-corrected chi connectivity index (χ1v) is 4.27. The van der Waals surface area contributed by atoms with Gasteiger partial charge in [-0.25, -0.2) is 9.67 Å². The Balaban J connectivity index is 2.57. The average Bonchev–Trinajstić information content (AvgIpc) is 2.81. The Bertz CT molecular complexity index is 570. The molecule has 0 aliphatic heterocycles. The van der Waals surface area contributed by atoms with Gasteiger partial charge in [0.25, 0.3) is 5.69 Å². The molecule has 2 aromatic heterocycles. The average molecular weight is 215 g/mol. The van der Waals surface area contributed by atoms with Gasteiger partial charge in [-0.15, -0.1) is 0 Å². The van der Waals surface area contributed by atoms with Crippen molar-refractivity contribution >= 4 is 5.69 Å². The molecule has 0 fully saturated rings. The summed E-state index contributed by atoms with van der Waals surface area (Å²) < 4.78 is 1.38. The van der Waals surface area contributed by atoms with E-state index in [1.807, 2.05) is 6.07 Å². The lowest BCUT2D eigenvalue weighted by Gasteiger charge is -2.01. The maximum absolute atomic E-state index is 10.5. The molecule has 0 aromatic carbocycles. The first kappa shape index (κ1) is 9.79. The highest BCUT2D eigenvalue weighted by Gasteiger charge is 2.13. The Morgan fingerprint density at radius 2 is 2.38 bits per heavy atom.